The molecule has 0 atom stereocenters. The van der Waals surface area contributed by atoms with Crippen LogP contribution in [0.2, 0.25) is 0 Å². The third-order valence-electron chi connectivity index (χ3n) is 3.62. The summed E-state index contributed by atoms with van der Waals surface area (Å²) in [6, 6.07) is 20.7. The maximum absolute atomic E-state index is 13.7. The highest BCUT2D eigenvalue weighted by atomic mass is 19.1. The lowest BCUT2D eigenvalue weighted by atomic mass is 10.0. The Morgan fingerprint density at radius 1 is 0.808 bits per heavy atom. The molecular weight excluding hydrogens is 334 g/mol. The Hall–Kier alpha value is -3.47. The second kappa shape index (κ2) is 8.07. The number of carbonyl (C=O) groups is 1. The molecule has 128 valence electrons. The highest BCUT2D eigenvalue weighted by Gasteiger charge is 2.16. The van der Waals surface area contributed by atoms with Crippen molar-refractivity contribution in [2.45, 2.75) is 0 Å². The molecule has 0 aliphatic carbocycles. The van der Waals surface area contributed by atoms with Gasteiger partial charge in [0.15, 0.2) is 0 Å². The molecule has 0 radical (unpaired) electrons. The van der Waals surface area contributed by atoms with E-state index in [0.717, 1.165) is 18.3 Å². The molecule has 0 bridgehead atoms. The highest BCUT2D eigenvalue weighted by Crippen LogP contribution is 2.11. The summed E-state index contributed by atoms with van der Waals surface area (Å²) >= 11 is 0. The number of halogens is 2. The molecule has 0 saturated heterocycles. The summed E-state index contributed by atoms with van der Waals surface area (Å²) in [5, 5.41) is 7.84. The van der Waals surface area contributed by atoms with Crippen molar-refractivity contribution < 1.29 is 13.6 Å². The SMILES string of the molecule is O=C(/C(=N\N=C/c1ccc(F)cc1F)c1ccccc1)c1ccccc1. The zero-order chi connectivity index (χ0) is 18.4. The molecule has 0 aliphatic rings. The van der Waals surface area contributed by atoms with Gasteiger partial charge in [0.1, 0.15) is 17.3 Å². The Kier molecular flexibility index (Phi) is 5.39. The van der Waals surface area contributed by atoms with Gasteiger partial charge in [-0.05, 0) is 12.1 Å². The first-order valence-electron chi connectivity index (χ1n) is 7.86. The molecule has 0 aliphatic heterocycles. The molecule has 0 N–H and O–H groups in total. The zero-order valence-electron chi connectivity index (χ0n) is 13.6. The summed E-state index contributed by atoms with van der Waals surface area (Å²) < 4.78 is 26.6. The summed E-state index contributed by atoms with van der Waals surface area (Å²) in [5.41, 5.74) is 1.28. The van der Waals surface area contributed by atoms with Crippen LogP contribution >= 0.6 is 0 Å². The Morgan fingerprint density at radius 2 is 1.42 bits per heavy atom. The van der Waals surface area contributed by atoms with E-state index in [4.69, 9.17) is 0 Å². The number of nitrogens with zero attached hydrogens (tertiary/aromatic N) is 2. The number of hydrogen-bond acceptors (Lipinski definition) is 3. The van der Waals surface area contributed by atoms with Gasteiger partial charge in [-0.2, -0.15) is 5.10 Å². The topological polar surface area (TPSA) is 41.8 Å². The van der Waals surface area contributed by atoms with Crippen molar-refractivity contribution >= 4 is 17.7 Å². The Balaban J connectivity index is 1.96. The van der Waals surface area contributed by atoms with Crippen LogP contribution in [0.5, 0.6) is 0 Å². The van der Waals surface area contributed by atoms with Crippen LogP contribution in [0.25, 0.3) is 0 Å². The van der Waals surface area contributed by atoms with Crippen LogP contribution in [0, 0.1) is 11.6 Å². The van der Waals surface area contributed by atoms with Crippen molar-refractivity contribution in [1.82, 2.24) is 0 Å². The van der Waals surface area contributed by atoms with Crippen LogP contribution in [0.1, 0.15) is 21.5 Å². The van der Waals surface area contributed by atoms with Crippen LogP contribution in [0.3, 0.4) is 0 Å². The largest absolute Gasteiger partial charge is 0.287 e. The Bertz CT molecular complexity index is 968. The van der Waals surface area contributed by atoms with Crippen LogP contribution in [0.15, 0.2) is 89.1 Å². The average Bonchev–Trinajstić information content (AvgIpc) is 2.67. The molecule has 3 aromatic carbocycles. The monoisotopic (exact) mass is 348 g/mol. The third-order valence-corrected chi connectivity index (χ3v) is 3.62. The van der Waals surface area contributed by atoms with Gasteiger partial charge in [-0.3, -0.25) is 4.79 Å². The number of ketones is 1. The smallest absolute Gasteiger partial charge is 0.213 e. The minimum absolute atomic E-state index is 0.0784. The maximum atomic E-state index is 13.7. The van der Waals surface area contributed by atoms with Crippen molar-refractivity contribution in [3.8, 4) is 0 Å². The number of benzene rings is 3. The Morgan fingerprint density at radius 3 is 2.04 bits per heavy atom. The summed E-state index contributed by atoms with van der Waals surface area (Å²) in [7, 11) is 0. The number of hydrogen-bond donors (Lipinski definition) is 0. The van der Waals surface area contributed by atoms with Gasteiger partial charge in [0.05, 0.1) is 6.21 Å². The molecule has 3 nitrogen and oxygen atoms in total. The van der Waals surface area contributed by atoms with Crippen LogP contribution < -0.4 is 0 Å². The summed E-state index contributed by atoms with van der Waals surface area (Å²) in [4.78, 5) is 12.8. The lowest BCUT2D eigenvalue weighted by Crippen LogP contribution is -2.15. The van der Waals surface area contributed by atoms with Crippen LogP contribution in [-0.2, 0) is 0 Å². The van der Waals surface area contributed by atoms with Gasteiger partial charge in [0.25, 0.3) is 0 Å². The summed E-state index contributed by atoms with van der Waals surface area (Å²) in [6.07, 6.45) is 1.15. The van der Waals surface area contributed by atoms with Gasteiger partial charge in [-0.15, -0.1) is 5.10 Å². The molecule has 0 unspecified atom stereocenters. The zero-order valence-corrected chi connectivity index (χ0v) is 13.6. The predicted octanol–water partition coefficient (Wildman–Crippen LogP) is 4.67. The van der Waals surface area contributed by atoms with Gasteiger partial charge in [0, 0.05) is 22.8 Å². The van der Waals surface area contributed by atoms with Crippen molar-refractivity contribution in [3.63, 3.8) is 0 Å². The molecule has 0 fully saturated rings. The molecular formula is C21H14F2N2O. The molecule has 0 aromatic heterocycles. The van der Waals surface area contributed by atoms with Crippen LogP contribution in [0.4, 0.5) is 8.78 Å². The molecule has 0 saturated carbocycles. The lowest BCUT2D eigenvalue weighted by molar-refractivity contribution is 0.106. The normalized spacial score (nSPS) is 11.7. The quantitative estimate of drug-likeness (QED) is 0.375. The van der Waals surface area contributed by atoms with Gasteiger partial charge >= 0.3 is 0 Å². The van der Waals surface area contributed by atoms with Crippen molar-refractivity contribution in [2.75, 3.05) is 0 Å². The van der Waals surface area contributed by atoms with Crippen molar-refractivity contribution in [2.24, 2.45) is 10.2 Å². The van der Waals surface area contributed by atoms with E-state index >= 15 is 0 Å². The molecule has 3 aromatic rings. The first-order chi connectivity index (χ1) is 12.6. The van der Waals surface area contributed by atoms with Crippen molar-refractivity contribution in [3.05, 3.63) is 107 Å². The molecule has 0 spiro atoms. The lowest BCUT2D eigenvalue weighted by Gasteiger charge is -2.04. The van der Waals surface area contributed by atoms with Gasteiger partial charge in [-0.1, -0.05) is 60.7 Å². The maximum Gasteiger partial charge on any atom is 0.213 e. The van der Waals surface area contributed by atoms with E-state index in [1.165, 1.54) is 6.07 Å². The van der Waals surface area contributed by atoms with Crippen LogP contribution in [-0.4, -0.2) is 17.7 Å². The minimum Gasteiger partial charge on any atom is -0.287 e. The Labute approximate surface area is 149 Å². The molecule has 5 heteroatoms. The fourth-order valence-electron chi connectivity index (χ4n) is 2.31. The minimum atomic E-state index is -0.750. The number of carbonyl (C=O) groups excluding carboxylic acids is 1. The molecule has 26 heavy (non-hydrogen) atoms. The van der Waals surface area contributed by atoms with Gasteiger partial charge < -0.3 is 0 Å². The molecule has 0 amide bonds. The summed E-state index contributed by atoms with van der Waals surface area (Å²) in [5.74, 6) is -1.72. The fourth-order valence-corrected chi connectivity index (χ4v) is 2.31. The van der Waals surface area contributed by atoms with E-state index < -0.39 is 11.6 Å². The first-order valence-corrected chi connectivity index (χ1v) is 7.86. The molecule has 3 rings (SSSR count). The second-order valence-electron chi connectivity index (χ2n) is 5.42. The average molecular weight is 348 g/mol. The van der Waals surface area contributed by atoms with E-state index in [2.05, 4.69) is 10.2 Å². The van der Waals surface area contributed by atoms with E-state index in [1.54, 1.807) is 48.5 Å². The van der Waals surface area contributed by atoms with E-state index in [1.807, 2.05) is 12.1 Å². The molecule has 0 heterocycles. The van der Waals surface area contributed by atoms with Crippen molar-refractivity contribution in [1.29, 1.82) is 0 Å². The van der Waals surface area contributed by atoms with Gasteiger partial charge in [0.2, 0.25) is 5.78 Å². The third kappa shape index (κ3) is 4.13. The van der Waals surface area contributed by atoms with Gasteiger partial charge in [-0.25, -0.2) is 8.78 Å². The van der Waals surface area contributed by atoms with E-state index in [-0.39, 0.29) is 17.1 Å². The highest BCUT2D eigenvalue weighted by molar-refractivity contribution is 6.51. The standard InChI is InChI=1S/C21H14F2N2O/c22-18-12-11-17(19(23)13-18)14-24-25-20(15-7-3-1-4-8-15)21(26)16-9-5-2-6-10-16/h1-14H/b24-14-,25-20-. The number of Topliss-reactive ketones (excluding diaryl/α,β-unsaturated/α-hetero) is 1. The van der Waals surface area contributed by atoms with E-state index in [0.29, 0.717) is 11.1 Å². The first kappa shape index (κ1) is 17.4. The second-order valence-corrected chi connectivity index (χ2v) is 5.42. The summed E-state index contributed by atoms with van der Waals surface area (Å²) in [6.45, 7) is 0. The van der Waals surface area contributed by atoms with E-state index in [9.17, 15) is 13.6 Å². The number of rotatable bonds is 5. The predicted molar refractivity (Wildman–Crippen MR) is 97.7 cm³/mol. The fraction of sp³-hybridized carbons (Fsp3) is 0.